The Morgan fingerprint density at radius 1 is 1.21 bits per heavy atom. The summed E-state index contributed by atoms with van der Waals surface area (Å²) in [7, 11) is 0. The van der Waals surface area contributed by atoms with Gasteiger partial charge in [-0.3, -0.25) is 4.57 Å². The van der Waals surface area contributed by atoms with Gasteiger partial charge in [-0.05, 0) is 37.3 Å². The summed E-state index contributed by atoms with van der Waals surface area (Å²) in [5.41, 5.74) is 3.67. The van der Waals surface area contributed by atoms with E-state index in [-0.39, 0.29) is 0 Å². The van der Waals surface area contributed by atoms with Gasteiger partial charge in [-0.1, -0.05) is 22.0 Å². The number of nitrogens with zero attached hydrogens (tertiary/aromatic N) is 3. The Labute approximate surface area is 124 Å². The molecular weight excluding hydrogens is 326 g/mol. The van der Waals surface area contributed by atoms with Crippen molar-refractivity contribution in [2.75, 3.05) is 0 Å². The van der Waals surface area contributed by atoms with Gasteiger partial charge in [-0.2, -0.15) is 0 Å². The van der Waals surface area contributed by atoms with Crippen molar-refractivity contribution in [2.24, 2.45) is 0 Å². The van der Waals surface area contributed by atoms with E-state index in [0.717, 1.165) is 32.8 Å². The molecule has 2 aromatic heterocycles. The first-order chi connectivity index (χ1) is 9.19. The summed E-state index contributed by atoms with van der Waals surface area (Å²) < 4.78 is 3.01. The van der Waals surface area contributed by atoms with Gasteiger partial charge < -0.3 is 0 Å². The Bertz CT molecular complexity index is 752. The lowest BCUT2D eigenvalue weighted by Crippen LogP contribution is -2.00. The lowest BCUT2D eigenvalue weighted by molar-refractivity contribution is 0.966. The van der Waals surface area contributed by atoms with Crippen molar-refractivity contribution >= 4 is 38.7 Å². The fourth-order valence-corrected chi connectivity index (χ4v) is 2.64. The van der Waals surface area contributed by atoms with Crippen molar-refractivity contribution < 1.29 is 0 Å². The Balaban J connectivity index is 2.34. The number of fused-ring (bicyclic) bond motifs is 1. The molecule has 0 atom stereocenters. The Kier molecular flexibility index (Phi) is 3.29. The monoisotopic (exact) mass is 335 g/mol. The van der Waals surface area contributed by atoms with Gasteiger partial charge in [0.2, 0.25) is 0 Å². The van der Waals surface area contributed by atoms with Crippen molar-refractivity contribution in [2.45, 2.75) is 12.8 Å². The van der Waals surface area contributed by atoms with E-state index < -0.39 is 0 Å². The average Bonchev–Trinajstić information content (AvgIpc) is 2.76. The Hall–Kier alpha value is -1.39. The maximum absolute atomic E-state index is 6.01. The minimum absolute atomic E-state index is 0.349. The van der Waals surface area contributed by atoms with Gasteiger partial charge in [-0.15, -0.1) is 11.6 Å². The standard InChI is InChI=1S/C14H11BrClN3/c1-9-5-6-12-14(17-9)19(13(8-16)18-12)11-4-2-3-10(15)7-11/h2-7H,8H2,1H3. The molecule has 0 saturated heterocycles. The number of aryl methyl sites for hydroxylation is 1. The lowest BCUT2D eigenvalue weighted by atomic mass is 10.3. The zero-order chi connectivity index (χ0) is 13.4. The molecule has 0 amide bonds. The fraction of sp³-hybridized carbons (Fsp3) is 0.143. The average molecular weight is 337 g/mol. The largest absolute Gasteiger partial charge is 0.280 e. The van der Waals surface area contributed by atoms with E-state index in [2.05, 4.69) is 25.9 Å². The maximum atomic E-state index is 6.01. The van der Waals surface area contributed by atoms with Crippen LogP contribution >= 0.6 is 27.5 Å². The number of aromatic nitrogens is 3. The van der Waals surface area contributed by atoms with Crippen molar-refractivity contribution in [1.29, 1.82) is 0 Å². The second kappa shape index (κ2) is 4.94. The molecule has 0 aliphatic carbocycles. The molecule has 0 bridgehead atoms. The summed E-state index contributed by atoms with van der Waals surface area (Å²) >= 11 is 9.50. The highest BCUT2D eigenvalue weighted by atomic mass is 79.9. The third-order valence-corrected chi connectivity index (χ3v) is 3.63. The smallest absolute Gasteiger partial charge is 0.164 e. The molecule has 0 N–H and O–H groups in total. The van der Waals surface area contributed by atoms with Crippen molar-refractivity contribution in [1.82, 2.24) is 14.5 Å². The molecule has 0 radical (unpaired) electrons. The fourth-order valence-electron chi connectivity index (χ4n) is 2.07. The summed E-state index contributed by atoms with van der Waals surface area (Å²) in [6, 6.07) is 12.0. The van der Waals surface area contributed by atoms with E-state index in [1.807, 2.05) is 47.9 Å². The van der Waals surface area contributed by atoms with Gasteiger partial charge in [0, 0.05) is 15.9 Å². The molecule has 3 rings (SSSR count). The van der Waals surface area contributed by atoms with Crippen molar-refractivity contribution in [3.8, 4) is 5.69 Å². The normalized spacial score (nSPS) is 11.1. The molecule has 96 valence electrons. The Morgan fingerprint density at radius 3 is 2.79 bits per heavy atom. The molecule has 0 spiro atoms. The number of halogens is 2. The quantitative estimate of drug-likeness (QED) is 0.656. The number of imidazole rings is 1. The van der Waals surface area contributed by atoms with Crippen LogP contribution < -0.4 is 0 Å². The predicted molar refractivity (Wildman–Crippen MR) is 80.9 cm³/mol. The van der Waals surface area contributed by atoms with Crippen LogP contribution in [0.2, 0.25) is 0 Å². The highest BCUT2D eigenvalue weighted by molar-refractivity contribution is 9.10. The van der Waals surface area contributed by atoms with Crippen LogP contribution in [0.3, 0.4) is 0 Å². The molecular formula is C14H11BrClN3. The van der Waals surface area contributed by atoms with E-state index >= 15 is 0 Å². The molecule has 0 aliphatic heterocycles. The minimum Gasteiger partial charge on any atom is -0.280 e. The van der Waals surface area contributed by atoms with Crippen LogP contribution in [0.5, 0.6) is 0 Å². The maximum Gasteiger partial charge on any atom is 0.164 e. The Morgan fingerprint density at radius 2 is 2.05 bits per heavy atom. The number of hydrogen-bond donors (Lipinski definition) is 0. The first-order valence-electron chi connectivity index (χ1n) is 5.86. The molecule has 0 saturated carbocycles. The SMILES string of the molecule is Cc1ccc2nc(CCl)n(-c3cccc(Br)c3)c2n1. The minimum atomic E-state index is 0.349. The van der Waals surface area contributed by atoms with E-state index in [1.165, 1.54) is 0 Å². The van der Waals surface area contributed by atoms with Crippen LogP contribution in [0.4, 0.5) is 0 Å². The highest BCUT2D eigenvalue weighted by Crippen LogP contribution is 2.23. The van der Waals surface area contributed by atoms with Gasteiger partial charge in [-0.25, -0.2) is 9.97 Å². The molecule has 0 fully saturated rings. The van der Waals surface area contributed by atoms with Crippen LogP contribution in [0.15, 0.2) is 40.9 Å². The number of alkyl halides is 1. The molecule has 3 aromatic rings. The van der Waals surface area contributed by atoms with Crippen molar-refractivity contribution in [3.05, 3.63) is 52.4 Å². The van der Waals surface area contributed by atoms with E-state index in [4.69, 9.17) is 11.6 Å². The molecule has 0 aliphatic rings. The third kappa shape index (κ3) is 2.26. The summed E-state index contributed by atoms with van der Waals surface area (Å²) in [6.45, 7) is 1.97. The van der Waals surface area contributed by atoms with E-state index in [0.29, 0.717) is 5.88 Å². The van der Waals surface area contributed by atoms with Gasteiger partial charge in [0.05, 0.1) is 5.88 Å². The molecule has 2 heterocycles. The molecule has 1 aromatic carbocycles. The zero-order valence-corrected chi connectivity index (χ0v) is 12.6. The summed E-state index contributed by atoms with van der Waals surface area (Å²) in [5.74, 6) is 1.15. The predicted octanol–water partition coefficient (Wildman–Crippen LogP) is 4.23. The van der Waals surface area contributed by atoms with E-state index in [9.17, 15) is 0 Å². The van der Waals surface area contributed by atoms with Gasteiger partial charge in [0.1, 0.15) is 11.3 Å². The van der Waals surface area contributed by atoms with Crippen LogP contribution in [0.1, 0.15) is 11.5 Å². The topological polar surface area (TPSA) is 30.7 Å². The van der Waals surface area contributed by atoms with Gasteiger partial charge in [0.25, 0.3) is 0 Å². The number of rotatable bonds is 2. The van der Waals surface area contributed by atoms with Crippen LogP contribution in [0, 0.1) is 6.92 Å². The van der Waals surface area contributed by atoms with E-state index in [1.54, 1.807) is 0 Å². The summed E-state index contributed by atoms with van der Waals surface area (Å²) in [5, 5.41) is 0. The molecule has 19 heavy (non-hydrogen) atoms. The van der Waals surface area contributed by atoms with Crippen LogP contribution in [-0.2, 0) is 5.88 Å². The third-order valence-electron chi connectivity index (χ3n) is 2.90. The second-order valence-electron chi connectivity index (χ2n) is 4.27. The van der Waals surface area contributed by atoms with Gasteiger partial charge in [0.15, 0.2) is 5.65 Å². The molecule has 5 heteroatoms. The molecule has 3 nitrogen and oxygen atoms in total. The van der Waals surface area contributed by atoms with Gasteiger partial charge >= 0.3 is 0 Å². The van der Waals surface area contributed by atoms with Crippen LogP contribution in [-0.4, -0.2) is 14.5 Å². The lowest BCUT2D eigenvalue weighted by Gasteiger charge is -2.07. The first kappa shape index (κ1) is 12.6. The number of benzene rings is 1. The summed E-state index contributed by atoms with van der Waals surface area (Å²) in [6.07, 6.45) is 0. The number of hydrogen-bond acceptors (Lipinski definition) is 2. The second-order valence-corrected chi connectivity index (χ2v) is 5.46. The van der Waals surface area contributed by atoms with Crippen molar-refractivity contribution in [3.63, 3.8) is 0 Å². The van der Waals surface area contributed by atoms with Crippen LogP contribution in [0.25, 0.3) is 16.9 Å². The summed E-state index contributed by atoms with van der Waals surface area (Å²) in [4.78, 5) is 9.11. The number of pyridine rings is 1. The zero-order valence-electron chi connectivity index (χ0n) is 10.3. The molecule has 0 unspecified atom stereocenters. The first-order valence-corrected chi connectivity index (χ1v) is 7.18. The highest BCUT2D eigenvalue weighted by Gasteiger charge is 2.13.